The normalized spacial score (nSPS) is 22.3. The highest BCUT2D eigenvalue weighted by Gasteiger charge is 2.38. The standard InChI is InChI=1S/C17H19FN4O.ClH/c1-11-14(8-20-22(11)16-5-3-2-4-15(16)18)17(23)21-9-12-6-19-7-13(12)10-21;/h2-5,8,12-13,19H,6-7,9-10H2,1H3;1H/t12-,13+;. The Kier molecular flexibility index (Phi) is 4.60. The quantitative estimate of drug-likeness (QED) is 0.901. The number of hydrogen-bond acceptors (Lipinski definition) is 3. The molecule has 5 nitrogen and oxygen atoms in total. The van der Waals surface area contributed by atoms with E-state index in [2.05, 4.69) is 10.4 Å². The van der Waals surface area contributed by atoms with Crippen molar-refractivity contribution in [2.24, 2.45) is 11.8 Å². The zero-order chi connectivity index (χ0) is 16.0. The molecule has 4 rings (SSSR count). The molecule has 0 aliphatic carbocycles. The summed E-state index contributed by atoms with van der Waals surface area (Å²) in [4.78, 5) is 14.7. The van der Waals surface area contributed by atoms with Crippen molar-refractivity contribution in [3.05, 3.63) is 47.5 Å². The highest BCUT2D eigenvalue weighted by atomic mass is 35.5. The van der Waals surface area contributed by atoms with Crippen LogP contribution >= 0.6 is 12.4 Å². The summed E-state index contributed by atoms with van der Waals surface area (Å²) in [5.41, 5.74) is 1.60. The van der Waals surface area contributed by atoms with Crippen LogP contribution in [0.2, 0.25) is 0 Å². The lowest BCUT2D eigenvalue weighted by Crippen LogP contribution is -2.32. The summed E-state index contributed by atoms with van der Waals surface area (Å²) < 4.78 is 15.5. The van der Waals surface area contributed by atoms with Gasteiger partial charge in [0.05, 0.1) is 17.5 Å². The van der Waals surface area contributed by atoms with Crippen LogP contribution in [0.5, 0.6) is 0 Å². The molecule has 0 unspecified atom stereocenters. The van der Waals surface area contributed by atoms with Crippen LogP contribution in [-0.4, -0.2) is 46.8 Å². The maximum absolute atomic E-state index is 14.0. The summed E-state index contributed by atoms with van der Waals surface area (Å²) in [6.07, 6.45) is 1.55. The number of para-hydroxylation sites is 1. The monoisotopic (exact) mass is 350 g/mol. The van der Waals surface area contributed by atoms with Gasteiger partial charge in [0.1, 0.15) is 11.5 Å². The third-order valence-electron chi connectivity index (χ3n) is 5.00. The van der Waals surface area contributed by atoms with Gasteiger partial charge in [0.15, 0.2) is 0 Å². The molecule has 0 spiro atoms. The van der Waals surface area contributed by atoms with Crippen molar-refractivity contribution in [1.82, 2.24) is 20.0 Å². The number of aromatic nitrogens is 2. The Morgan fingerprint density at radius 2 is 1.92 bits per heavy atom. The average Bonchev–Trinajstić information content (AvgIpc) is 3.21. The van der Waals surface area contributed by atoms with Gasteiger partial charge in [-0.1, -0.05) is 12.1 Å². The van der Waals surface area contributed by atoms with Crippen LogP contribution in [0.3, 0.4) is 0 Å². The molecule has 2 aliphatic rings. The summed E-state index contributed by atoms with van der Waals surface area (Å²) in [6, 6.07) is 6.46. The smallest absolute Gasteiger partial charge is 0.257 e. The fourth-order valence-electron chi connectivity index (χ4n) is 3.68. The van der Waals surface area contributed by atoms with Crippen LogP contribution < -0.4 is 5.32 Å². The number of hydrogen-bond donors (Lipinski definition) is 1. The summed E-state index contributed by atoms with van der Waals surface area (Å²) in [6.45, 7) is 5.37. The minimum Gasteiger partial charge on any atom is -0.338 e. The molecule has 24 heavy (non-hydrogen) atoms. The minimum atomic E-state index is -0.348. The van der Waals surface area contributed by atoms with E-state index in [1.165, 1.54) is 10.7 Å². The van der Waals surface area contributed by atoms with Crippen LogP contribution in [0.4, 0.5) is 4.39 Å². The first kappa shape index (κ1) is 16.9. The van der Waals surface area contributed by atoms with Crippen LogP contribution in [0.1, 0.15) is 16.1 Å². The zero-order valence-corrected chi connectivity index (χ0v) is 14.2. The second-order valence-corrected chi connectivity index (χ2v) is 6.40. The molecule has 0 saturated carbocycles. The summed E-state index contributed by atoms with van der Waals surface area (Å²) in [7, 11) is 0. The van der Waals surface area contributed by atoms with E-state index in [1.807, 2.05) is 11.8 Å². The second kappa shape index (κ2) is 6.53. The molecule has 2 fully saturated rings. The number of nitrogens with one attached hydrogen (secondary N) is 1. The van der Waals surface area contributed by atoms with Crippen LogP contribution in [-0.2, 0) is 0 Å². The molecular formula is C17H20ClFN4O. The van der Waals surface area contributed by atoms with E-state index in [9.17, 15) is 9.18 Å². The Labute approximate surface area is 146 Å². The SMILES string of the molecule is Cc1c(C(=O)N2C[C@H]3CNC[C@H]3C2)cnn1-c1ccccc1F.Cl. The highest BCUT2D eigenvalue weighted by Crippen LogP contribution is 2.28. The number of halogens is 2. The van der Waals surface area contributed by atoms with Gasteiger partial charge in [-0.15, -0.1) is 12.4 Å². The predicted octanol–water partition coefficient (Wildman–Crippen LogP) is 2.03. The maximum atomic E-state index is 14.0. The average molecular weight is 351 g/mol. The summed E-state index contributed by atoms with van der Waals surface area (Å²) in [5.74, 6) is 0.765. The molecule has 2 atom stereocenters. The van der Waals surface area contributed by atoms with Gasteiger partial charge in [-0.05, 0) is 30.9 Å². The minimum absolute atomic E-state index is 0. The maximum Gasteiger partial charge on any atom is 0.257 e. The van der Waals surface area contributed by atoms with Crippen molar-refractivity contribution in [2.75, 3.05) is 26.2 Å². The van der Waals surface area contributed by atoms with Crippen LogP contribution in [0.25, 0.3) is 5.69 Å². The lowest BCUT2D eigenvalue weighted by Gasteiger charge is -2.17. The number of amides is 1. The van der Waals surface area contributed by atoms with Crippen molar-refractivity contribution in [3.63, 3.8) is 0 Å². The molecule has 7 heteroatoms. The van der Waals surface area contributed by atoms with Gasteiger partial charge in [0.2, 0.25) is 0 Å². The second-order valence-electron chi connectivity index (χ2n) is 6.40. The van der Waals surface area contributed by atoms with Gasteiger partial charge in [-0.3, -0.25) is 4.79 Å². The number of carbonyl (C=O) groups excluding carboxylic acids is 1. The Balaban J connectivity index is 0.00000169. The third-order valence-corrected chi connectivity index (χ3v) is 5.00. The van der Waals surface area contributed by atoms with Gasteiger partial charge in [-0.2, -0.15) is 5.10 Å². The van der Waals surface area contributed by atoms with Gasteiger partial charge < -0.3 is 10.2 Å². The fraction of sp³-hybridized carbons (Fsp3) is 0.412. The number of rotatable bonds is 2. The molecule has 2 saturated heterocycles. The number of nitrogens with zero attached hydrogens (tertiary/aromatic N) is 3. The molecule has 128 valence electrons. The van der Waals surface area contributed by atoms with Crippen molar-refractivity contribution >= 4 is 18.3 Å². The first-order valence-electron chi connectivity index (χ1n) is 7.94. The topological polar surface area (TPSA) is 50.2 Å². The summed E-state index contributed by atoms with van der Waals surface area (Å²) >= 11 is 0. The van der Waals surface area contributed by atoms with E-state index in [0.29, 0.717) is 28.8 Å². The number of carbonyl (C=O) groups is 1. The van der Waals surface area contributed by atoms with Crippen molar-refractivity contribution in [2.45, 2.75) is 6.92 Å². The number of fused-ring (bicyclic) bond motifs is 1. The molecule has 2 aromatic rings. The molecular weight excluding hydrogens is 331 g/mol. The Morgan fingerprint density at radius 1 is 1.25 bits per heavy atom. The van der Waals surface area contributed by atoms with Gasteiger partial charge >= 0.3 is 0 Å². The molecule has 1 amide bonds. The zero-order valence-electron chi connectivity index (χ0n) is 13.4. The molecule has 1 aromatic heterocycles. The molecule has 2 aliphatic heterocycles. The van der Waals surface area contributed by atoms with E-state index in [1.54, 1.807) is 24.4 Å². The highest BCUT2D eigenvalue weighted by molar-refractivity contribution is 5.95. The number of likely N-dealkylation sites (tertiary alicyclic amines) is 1. The lowest BCUT2D eigenvalue weighted by atomic mass is 10.0. The Bertz CT molecular complexity index is 751. The Morgan fingerprint density at radius 3 is 2.58 bits per heavy atom. The van der Waals surface area contributed by atoms with E-state index < -0.39 is 0 Å². The molecule has 1 N–H and O–H groups in total. The van der Waals surface area contributed by atoms with E-state index in [-0.39, 0.29) is 24.1 Å². The largest absolute Gasteiger partial charge is 0.338 e. The Hall–Kier alpha value is -1.92. The van der Waals surface area contributed by atoms with Crippen molar-refractivity contribution in [3.8, 4) is 5.69 Å². The van der Waals surface area contributed by atoms with Crippen LogP contribution in [0, 0.1) is 24.6 Å². The van der Waals surface area contributed by atoms with Gasteiger partial charge in [0, 0.05) is 26.2 Å². The number of benzene rings is 1. The third kappa shape index (κ3) is 2.70. The molecule has 0 radical (unpaired) electrons. The molecule has 3 heterocycles. The van der Waals surface area contributed by atoms with Gasteiger partial charge in [-0.25, -0.2) is 9.07 Å². The molecule has 1 aromatic carbocycles. The first-order valence-corrected chi connectivity index (χ1v) is 7.94. The van der Waals surface area contributed by atoms with E-state index in [4.69, 9.17) is 0 Å². The molecule has 0 bridgehead atoms. The predicted molar refractivity (Wildman–Crippen MR) is 91.3 cm³/mol. The van der Waals surface area contributed by atoms with E-state index >= 15 is 0 Å². The lowest BCUT2D eigenvalue weighted by molar-refractivity contribution is 0.0781. The van der Waals surface area contributed by atoms with Crippen molar-refractivity contribution < 1.29 is 9.18 Å². The van der Waals surface area contributed by atoms with E-state index in [0.717, 1.165) is 26.2 Å². The first-order chi connectivity index (χ1) is 11.1. The van der Waals surface area contributed by atoms with Crippen molar-refractivity contribution in [1.29, 1.82) is 0 Å². The van der Waals surface area contributed by atoms with Gasteiger partial charge in [0.25, 0.3) is 5.91 Å². The van der Waals surface area contributed by atoms with Crippen LogP contribution in [0.15, 0.2) is 30.5 Å². The summed E-state index contributed by atoms with van der Waals surface area (Å²) in [5, 5.41) is 7.60. The fourth-order valence-corrected chi connectivity index (χ4v) is 3.68.